The van der Waals surface area contributed by atoms with Gasteiger partial charge in [-0.3, -0.25) is 0 Å². The summed E-state index contributed by atoms with van der Waals surface area (Å²) in [7, 11) is 1.64. The second-order valence-corrected chi connectivity index (χ2v) is 7.38. The van der Waals surface area contributed by atoms with Gasteiger partial charge in [-0.1, -0.05) is 30.3 Å². The third kappa shape index (κ3) is 4.02. The molecule has 4 aromatic rings. The lowest BCUT2D eigenvalue weighted by Crippen LogP contribution is -2.14. The Labute approximate surface area is 176 Å². The lowest BCUT2D eigenvalue weighted by atomic mass is 10.1. The second-order valence-electron chi connectivity index (χ2n) is 7.38. The van der Waals surface area contributed by atoms with Crippen LogP contribution in [0, 0.1) is 13.8 Å². The van der Waals surface area contributed by atoms with Gasteiger partial charge in [0, 0.05) is 0 Å². The van der Waals surface area contributed by atoms with Crippen LogP contribution in [-0.2, 0) is 6.54 Å². The summed E-state index contributed by atoms with van der Waals surface area (Å²) in [6.07, 6.45) is -0.805. The molecule has 0 aliphatic rings. The number of nitrogens with zero attached hydrogens (tertiary/aromatic N) is 2. The van der Waals surface area contributed by atoms with Crippen LogP contribution < -0.4 is 9.47 Å². The van der Waals surface area contributed by atoms with Crippen molar-refractivity contribution >= 4 is 11.0 Å². The van der Waals surface area contributed by atoms with Crippen molar-refractivity contribution in [3.05, 3.63) is 89.2 Å². The highest BCUT2D eigenvalue weighted by molar-refractivity contribution is 5.78. The van der Waals surface area contributed by atoms with E-state index in [9.17, 15) is 5.11 Å². The van der Waals surface area contributed by atoms with Gasteiger partial charge in [0.1, 0.15) is 30.0 Å². The van der Waals surface area contributed by atoms with Crippen molar-refractivity contribution in [3.8, 4) is 11.5 Å². The van der Waals surface area contributed by atoms with Crippen molar-refractivity contribution in [1.82, 2.24) is 9.55 Å². The lowest BCUT2D eigenvalue weighted by Gasteiger charge is -2.15. The molecule has 4 rings (SSSR count). The summed E-state index contributed by atoms with van der Waals surface area (Å²) in [5, 5.41) is 11.0. The van der Waals surface area contributed by atoms with Crippen LogP contribution in [0.1, 0.15) is 28.6 Å². The molecule has 0 saturated heterocycles. The van der Waals surface area contributed by atoms with E-state index >= 15 is 0 Å². The average molecular weight is 402 g/mol. The zero-order valence-corrected chi connectivity index (χ0v) is 17.5. The van der Waals surface area contributed by atoms with Gasteiger partial charge in [0.25, 0.3) is 0 Å². The number of benzene rings is 3. The number of imidazole rings is 1. The molecule has 1 atom stereocenters. The Bertz CT molecular complexity index is 1130. The maximum absolute atomic E-state index is 11.0. The van der Waals surface area contributed by atoms with Gasteiger partial charge in [-0.25, -0.2) is 4.98 Å². The van der Waals surface area contributed by atoms with Crippen LogP contribution in [0.2, 0.25) is 0 Å². The lowest BCUT2D eigenvalue weighted by molar-refractivity contribution is 0.201. The van der Waals surface area contributed by atoms with Gasteiger partial charge in [0.2, 0.25) is 0 Å². The van der Waals surface area contributed by atoms with Gasteiger partial charge in [0.15, 0.2) is 0 Å². The monoisotopic (exact) mass is 402 g/mol. The number of ether oxygens (including phenoxy) is 2. The number of aryl methyl sites for hydroxylation is 2. The summed E-state index contributed by atoms with van der Waals surface area (Å²) in [6, 6.07) is 21.3. The van der Waals surface area contributed by atoms with E-state index < -0.39 is 6.10 Å². The van der Waals surface area contributed by atoms with Crippen LogP contribution in [0.4, 0.5) is 0 Å². The number of aliphatic hydroxyl groups excluding tert-OH is 1. The first-order chi connectivity index (χ1) is 14.6. The third-order valence-electron chi connectivity index (χ3n) is 5.40. The Morgan fingerprint density at radius 3 is 2.30 bits per heavy atom. The van der Waals surface area contributed by atoms with Gasteiger partial charge in [-0.15, -0.1) is 0 Å². The molecule has 0 spiro atoms. The highest BCUT2D eigenvalue weighted by Crippen LogP contribution is 2.27. The number of hydrogen-bond acceptors (Lipinski definition) is 4. The summed E-state index contributed by atoms with van der Waals surface area (Å²) in [5.41, 5.74) is 5.08. The Morgan fingerprint density at radius 2 is 1.60 bits per heavy atom. The highest BCUT2D eigenvalue weighted by Gasteiger charge is 2.20. The average Bonchev–Trinajstić information content (AvgIpc) is 3.12. The molecule has 5 nitrogen and oxygen atoms in total. The maximum atomic E-state index is 11.0. The van der Waals surface area contributed by atoms with Gasteiger partial charge in [0.05, 0.1) is 24.7 Å². The topological polar surface area (TPSA) is 56.5 Å². The summed E-state index contributed by atoms with van der Waals surface area (Å²) in [5.74, 6) is 2.19. The summed E-state index contributed by atoms with van der Waals surface area (Å²) < 4.78 is 13.2. The van der Waals surface area contributed by atoms with Crippen molar-refractivity contribution in [1.29, 1.82) is 0 Å². The fraction of sp³-hybridized carbons (Fsp3) is 0.240. The molecular formula is C25H26N2O3. The minimum absolute atomic E-state index is 0.458. The predicted octanol–water partition coefficient (Wildman–Crippen LogP) is 4.82. The van der Waals surface area contributed by atoms with E-state index in [0.717, 1.165) is 28.1 Å². The predicted molar refractivity (Wildman–Crippen MR) is 118 cm³/mol. The molecule has 1 aromatic heterocycles. The van der Waals surface area contributed by atoms with Crippen molar-refractivity contribution < 1.29 is 14.6 Å². The molecule has 0 bridgehead atoms. The minimum Gasteiger partial charge on any atom is -0.497 e. The normalized spacial score (nSPS) is 12.1. The Hall–Kier alpha value is -3.31. The van der Waals surface area contributed by atoms with Crippen LogP contribution in [0.5, 0.6) is 11.5 Å². The van der Waals surface area contributed by atoms with Gasteiger partial charge in [-0.2, -0.15) is 0 Å². The van der Waals surface area contributed by atoms with Crippen molar-refractivity contribution in [2.45, 2.75) is 26.5 Å². The molecule has 1 heterocycles. The van der Waals surface area contributed by atoms with E-state index in [1.807, 2.05) is 54.6 Å². The number of fused-ring (bicyclic) bond motifs is 1. The number of rotatable bonds is 7. The zero-order valence-electron chi connectivity index (χ0n) is 17.5. The van der Waals surface area contributed by atoms with E-state index in [4.69, 9.17) is 14.5 Å². The van der Waals surface area contributed by atoms with Crippen molar-refractivity contribution in [3.63, 3.8) is 0 Å². The molecule has 5 heteroatoms. The zero-order chi connectivity index (χ0) is 21.1. The highest BCUT2D eigenvalue weighted by atomic mass is 16.5. The summed E-state index contributed by atoms with van der Waals surface area (Å²) in [6.45, 7) is 5.20. The number of hydrogen-bond donors (Lipinski definition) is 1. The van der Waals surface area contributed by atoms with Crippen molar-refractivity contribution in [2.75, 3.05) is 13.7 Å². The van der Waals surface area contributed by atoms with Crippen LogP contribution in [0.25, 0.3) is 11.0 Å². The molecule has 154 valence electrons. The Morgan fingerprint density at radius 1 is 0.933 bits per heavy atom. The van der Waals surface area contributed by atoms with E-state index in [1.165, 1.54) is 11.1 Å². The SMILES string of the molecule is COc1ccc(OCCn2c(C(O)c3ccccc3)nc3cc(C)c(C)cc32)cc1. The molecule has 30 heavy (non-hydrogen) atoms. The summed E-state index contributed by atoms with van der Waals surface area (Å²) in [4.78, 5) is 4.78. The molecule has 0 aliphatic heterocycles. The molecule has 1 unspecified atom stereocenters. The minimum atomic E-state index is -0.805. The molecule has 1 N–H and O–H groups in total. The smallest absolute Gasteiger partial charge is 0.143 e. The first-order valence-corrected chi connectivity index (χ1v) is 10.0. The van der Waals surface area contributed by atoms with Crippen molar-refractivity contribution in [2.24, 2.45) is 0 Å². The van der Waals surface area contributed by atoms with Gasteiger partial charge in [-0.05, 0) is 66.9 Å². The van der Waals surface area contributed by atoms with Crippen LogP contribution in [-0.4, -0.2) is 28.4 Å². The Kier molecular flexibility index (Phi) is 5.72. The quantitative estimate of drug-likeness (QED) is 0.481. The van der Waals surface area contributed by atoms with Gasteiger partial charge >= 0.3 is 0 Å². The third-order valence-corrected chi connectivity index (χ3v) is 5.40. The maximum Gasteiger partial charge on any atom is 0.143 e. The molecule has 0 saturated carbocycles. The molecule has 0 radical (unpaired) electrons. The van der Waals surface area contributed by atoms with Crippen LogP contribution >= 0.6 is 0 Å². The van der Waals surface area contributed by atoms with E-state index in [2.05, 4.69) is 30.5 Å². The van der Waals surface area contributed by atoms with Gasteiger partial charge < -0.3 is 19.1 Å². The molecule has 0 fully saturated rings. The number of aromatic nitrogens is 2. The van der Waals surface area contributed by atoms with E-state index in [1.54, 1.807) is 7.11 Å². The molecule has 0 aliphatic carbocycles. The number of methoxy groups -OCH3 is 1. The summed E-state index contributed by atoms with van der Waals surface area (Å²) >= 11 is 0. The van der Waals surface area contributed by atoms with Crippen LogP contribution in [0.15, 0.2) is 66.7 Å². The largest absolute Gasteiger partial charge is 0.497 e. The first kappa shape index (κ1) is 20.0. The number of aliphatic hydroxyl groups is 1. The van der Waals surface area contributed by atoms with E-state index in [-0.39, 0.29) is 0 Å². The Balaban J connectivity index is 1.64. The standard InChI is InChI=1S/C25H26N2O3/c1-17-15-22-23(16-18(17)2)27(13-14-30-21-11-9-20(29-3)10-12-21)25(26-22)24(28)19-7-5-4-6-8-19/h4-12,15-16,24,28H,13-14H2,1-3H3. The first-order valence-electron chi connectivity index (χ1n) is 10.0. The molecular weight excluding hydrogens is 376 g/mol. The molecule has 3 aromatic carbocycles. The fourth-order valence-corrected chi connectivity index (χ4v) is 3.55. The fourth-order valence-electron chi connectivity index (χ4n) is 3.55. The molecule has 0 amide bonds. The van der Waals surface area contributed by atoms with E-state index in [0.29, 0.717) is 19.0 Å². The second kappa shape index (κ2) is 8.59. The van der Waals surface area contributed by atoms with Crippen LogP contribution in [0.3, 0.4) is 0 Å².